The number of benzene rings is 2. The van der Waals surface area contributed by atoms with Crippen LogP contribution in [0.15, 0.2) is 54.6 Å². The van der Waals surface area contributed by atoms with E-state index in [1.165, 1.54) is 0 Å². The van der Waals surface area contributed by atoms with Crippen LogP contribution in [0.5, 0.6) is 5.75 Å². The van der Waals surface area contributed by atoms with Crippen molar-refractivity contribution in [1.82, 2.24) is 9.97 Å². The summed E-state index contributed by atoms with van der Waals surface area (Å²) in [7, 11) is 0. The molecule has 0 aliphatic rings. The summed E-state index contributed by atoms with van der Waals surface area (Å²) in [4.78, 5) is 7.96. The molecule has 0 aliphatic carbocycles. The van der Waals surface area contributed by atoms with Crippen LogP contribution in [0, 0.1) is 11.3 Å². The highest BCUT2D eigenvalue weighted by Crippen LogP contribution is 2.28. The molecular weight excluding hydrogens is 302 g/mol. The van der Waals surface area contributed by atoms with Crippen LogP contribution in [0.2, 0.25) is 0 Å². The summed E-state index contributed by atoms with van der Waals surface area (Å²) in [6.07, 6.45) is 0. The molecule has 0 unspecified atom stereocenters. The molecule has 3 rings (SSSR count). The van der Waals surface area contributed by atoms with E-state index in [1.807, 2.05) is 54.6 Å². The van der Waals surface area contributed by atoms with Crippen LogP contribution in [-0.4, -0.2) is 9.97 Å². The molecule has 3 aromatic rings. The van der Waals surface area contributed by atoms with Gasteiger partial charge < -0.3 is 16.2 Å². The van der Waals surface area contributed by atoms with Crippen LogP contribution in [-0.2, 0) is 6.61 Å². The topological polar surface area (TPSA) is 111 Å². The Bertz CT molecular complexity index is 903. The molecule has 0 aliphatic heterocycles. The molecule has 2 aromatic carbocycles. The van der Waals surface area contributed by atoms with Crippen LogP contribution < -0.4 is 16.2 Å². The summed E-state index contributed by atoms with van der Waals surface area (Å²) in [6, 6.07) is 19.2. The lowest BCUT2D eigenvalue weighted by Crippen LogP contribution is -2.05. The van der Waals surface area contributed by atoms with E-state index in [0.717, 1.165) is 5.56 Å². The van der Waals surface area contributed by atoms with Gasteiger partial charge in [-0.1, -0.05) is 42.5 Å². The number of aromatic nitrogens is 2. The summed E-state index contributed by atoms with van der Waals surface area (Å²) in [5.74, 6) is 0.753. The number of nitriles is 1. The molecule has 0 radical (unpaired) electrons. The molecule has 0 amide bonds. The molecule has 0 fully saturated rings. The Balaban J connectivity index is 1.90. The number of anilines is 2. The molecule has 6 nitrogen and oxygen atoms in total. The van der Waals surface area contributed by atoms with Crippen molar-refractivity contribution >= 4 is 11.8 Å². The number of ether oxygens (including phenoxy) is 1. The summed E-state index contributed by atoms with van der Waals surface area (Å²) in [5, 5.41) is 9.29. The molecule has 0 spiro atoms. The monoisotopic (exact) mass is 317 g/mol. The van der Waals surface area contributed by atoms with Gasteiger partial charge in [-0.2, -0.15) is 10.2 Å². The van der Waals surface area contributed by atoms with Crippen molar-refractivity contribution < 1.29 is 4.74 Å². The molecule has 6 heteroatoms. The summed E-state index contributed by atoms with van der Waals surface area (Å²) in [6.45, 7) is 0.448. The Hall–Kier alpha value is -3.59. The van der Waals surface area contributed by atoms with Crippen LogP contribution >= 0.6 is 0 Å². The van der Waals surface area contributed by atoms with E-state index in [4.69, 9.17) is 16.2 Å². The molecule has 24 heavy (non-hydrogen) atoms. The highest BCUT2D eigenvalue weighted by Gasteiger charge is 2.13. The fourth-order valence-corrected chi connectivity index (χ4v) is 2.29. The number of rotatable bonds is 4. The van der Waals surface area contributed by atoms with Gasteiger partial charge in [-0.05, 0) is 17.7 Å². The summed E-state index contributed by atoms with van der Waals surface area (Å²) < 4.78 is 5.80. The van der Waals surface area contributed by atoms with Gasteiger partial charge in [0.05, 0.1) is 5.69 Å². The molecule has 1 aromatic heterocycles. The second-order valence-electron chi connectivity index (χ2n) is 5.10. The summed E-state index contributed by atoms with van der Waals surface area (Å²) >= 11 is 0. The minimum absolute atomic E-state index is 0.0251. The molecule has 4 N–H and O–H groups in total. The Morgan fingerprint density at radius 1 is 1.00 bits per heavy atom. The van der Waals surface area contributed by atoms with Crippen LogP contribution in [0.3, 0.4) is 0 Å². The standard InChI is InChI=1S/C18H15N5O/c19-10-15-16(22-18(21)23-17(15)20)13-7-4-8-14(9-13)24-11-12-5-2-1-3-6-12/h1-9H,11H2,(H4,20,21,22,23). The largest absolute Gasteiger partial charge is 0.489 e. The first-order valence-corrected chi connectivity index (χ1v) is 7.27. The van der Waals surface area contributed by atoms with E-state index in [-0.39, 0.29) is 17.3 Å². The van der Waals surface area contributed by atoms with E-state index < -0.39 is 0 Å². The maximum atomic E-state index is 9.29. The van der Waals surface area contributed by atoms with Gasteiger partial charge in [-0.15, -0.1) is 0 Å². The number of nitrogens with two attached hydrogens (primary N) is 2. The second-order valence-corrected chi connectivity index (χ2v) is 5.10. The number of hydrogen-bond acceptors (Lipinski definition) is 6. The first-order valence-electron chi connectivity index (χ1n) is 7.27. The van der Waals surface area contributed by atoms with Crippen LogP contribution in [0.4, 0.5) is 11.8 Å². The predicted molar refractivity (Wildman–Crippen MR) is 91.8 cm³/mol. The van der Waals surface area contributed by atoms with Gasteiger partial charge in [0.25, 0.3) is 0 Å². The lowest BCUT2D eigenvalue weighted by molar-refractivity contribution is 0.306. The zero-order valence-corrected chi connectivity index (χ0v) is 12.8. The zero-order valence-electron chi connectivity index (χ0n) is 12.8. The van der Waals surface area contributed by atoms with Gasteiger partial charge >= 0.3 is 0 Å². The van der Waals surface area contributed by atoms with Crippen LogP contribution in [0.25, 0.3) is 11.3 Å². The average molecular weight is 317 g/mol. The maximum Gasteiger partial charge on any atom is 0.222 e. The fourth-order valence-electron chi connectivity index (χ4n) is 2.29. The number of nitrogens with zero attached hydrogens (tertiary/aromatic N) is 3. The molecule has 1 heterocycles. The zero-order chi connectivity index (χ0) is 16.9. The molecule has 118 valence electrons. The van der Waals surface area contributed by atoms with Gasteiger partial charge in [-0.25, -0.2) is 4.98 Å². The molecule has 0 saturated carbocycles. The normalized spacial score (nSPS) is 10.1. The smallest absolute Gasteiger partial charge is 0.222 e. The van der Waals surface area contributed by atoms with Crippen molar-refractivity contribution in [2.75, 3.05) is 11.5 Å². The van der Waals surface area contributed by atoms with E-state index in [2.05, 4.69) is 9.97 Å². The third-order valence-corrected chi connectivity index (χ3v) is 3.42. The van der Waals surface area contributed by atoms with E-state index in [9.17, 15) is 5.26 Å². The van der Waals surface area contributed by atoms with E-state index >= 15 is 0 Å². The van der Waals surface area contributed by atoms with Gasteiger partial charge in [0, 0.05) is 5.56 Å². The Kier molecular flexibility index (Phi) is 4.25. The SMILES string of the molecule is N#Cc1c(N)nc(N)nc1-c1cccc(OCc2ccccc2)c1. The number of hydrogen-bond donors (Lipinski definition) is 2. The minimum atomic E-state index is 0.0251. The first-order chi connectivity index (χ1) is 11.7. The average Bonchev–Trinajstić information content (AvgIpc) is 2.60. The van der Waals surface area contributed by atoms with Crippen molar-refractivity contribution in [1.29, 1.82) is 5.26 Å². The van der Waals surface area contributed by atoms with Gasteiger partial charge in [0.15, 0.2) is 0 Å². The minimum Gasteiger partial charge on any atom is -0.489 e. The molecular formula is C18H15N5O. The van der Waals surface area contributed by atoms with Crippen LogP contribution in [0.1, 0.15) is 11.1 Å². The van der Waals surface area contributed by atoms with Crippen molar-refractivity contribution in [3.8, 4) is 23.1 Å². The van der Waals surface area contributed by atoms with Gasteiger partial charge in [0.1, 0.15) is 29.8 Å². The van der Waals surface area contributed by atoms with Crippen molar-refractivity contribution in [2.45, 2.75) is 6.61 Å². The molecule has 0 bridgehead atoms. The van der Waals surface area contributed by atoms with E-state index in [0.29, 0.717) is 23.6 Å². The quantitative estimate of drug-likeness (QED) is 0.765. The lowest BCUT2D eigenvalue weighted by atomic mass is 10.1. The third-order valence-electron chi connectivity index (χ3n) is 3.42. The third kappa shape index (κ3) is 3.25. The second kappa shape index (κ2) is 6.67. The number of nitrogen functional groups attached to an aromatic ring is 2. The van der Waals surface area contributed by atoms with Crippen molar-refractivity contribution in [2.24, 2.45) is 0 Å². The molecule has 0 saturated heterocycles. The maximum absolute atomic E-state index is 9.29. The Morgan fingerprint density at radius 3 is 2.54 bits per heavy atom. The molecule has 0 atom stereocenters. The highest BCUT2D eigenvalue weighted by atomic mass is 16.5. The Labute approximate surface area is 139 Å². The Morgan fingerprint density at radius 2 is 1.79 bits per heavy atom. The van der Waals surface area contributed by atoms with Gasteiger partial charge in [-0.3, -0.25) is 0 Å². The van der Waals surface area contributed by atoms with Gasteiger partial charge in [0.2, 0.25) is 5.95 Å². The van der Waals surface area contributed by atoms with Crippen molar-refractivity contribution in [3.05, 3.63) is 65.7 Å². The first kappa shape index (κ1) is 15.3. The van der Waals surface area contributed by atoms with Crippen molar-refractivity contribution in [3.63, 3.8) is 0 Å². The summed E-state index contributed by atoms with van der Waals surface area (Å²) in [5.41, 5.74) is 13.8. The highest BCUT2D eigenvalue weighted by molar-refractivity contribution is 5.73. The predicted octanol–water partition coefficient (Wildman–Crippen LogP) is 2.76. The van der Waals surface area contributed by atoms with E-state index in [1.54, 1.807) is 6.07 Å². The lowest BCUT2D eigenvalue weighted by Gasteiger charge is -2.10. The fraction of sp³-hybridized carbons (Fsp3) is 0.0556.